The van der Waals surface area contributed by atoms with Crippen molar-refractivity contribution in [3.63, 3.8) is 0 Å². The number of phenolic OH excluding ortho intramolecular Hbond substituents is 1. The number of fused-ring (bicyclic) bond motifs is 3. The SMILES string of the molecule is CN(C)[C@@H]1C(O)=C(C(N)=O)C(=O)[C@@]2(O)C(O)=C3C(=O)c4c(O)c(CNC(=O)CCl)cc(-c5ccccc5)c4C[C@@H]3C[C@@H]12. The van der Waals surface area contributed by atoms with E-state index in [2.05, 4.69) is 5.32 Å². The van der Waals surface area contributed by atoms with Crippen LogP contribution in [0.5, 0.6) is 5.75 Å². The highest BCUT2D eigenvalue weighted by molar-refractivity contribution is 6.27. The van der Waals surface area contributed by atoms with Crippen LogP contribution in [0.25, 0.3) is 11.1 Å². The van der Waals surface area contributed by atoms with E-state index < -0.39 is 69.7 Å². The number of carbonyl (C=O) groups is 4. The van der Waals surface area contributed by atoms with Crippen molar-refractivity contribution in [2.75, 3.05) is 20.0 Å². The number of aromatic hydroxyl groups is 1. The molecule has 2 aromatic carbocycles. The highest BCUT2D eigenvalue weighted by Gasteiger charge is 2.63. The minimum Gasteiger partial charge on any atom is -0.510 e. The number of nitrogens with one attached hydrogen (secondary N) is 1. The zero-order valence-corrected chi connectivity index (χ0v) is 23.6. The van der Waals surface area contributed by atoms with Crippen LogP contribution in [0.3, 0.4) is 0 Å². The van der Waals surface area contributed by atoms with Crippen LogP contribution in [-0.2, 0) is 27.3 Å². The number of ketones is 2. The van der Waals surface area contributed by atoms with E-state index >= 15 is 0 Å². The summed E-state index contributed by atoms with van der Waals surface area (Å²) in [6, 6.07) is 9.71. The maximum absolute atomic E-state index is 14.2. The number of primary amides is 1. The largest absolute Gasteiger partial charge is 0.510 e. The topological polar surface area (TPSA) is 190 Å². The van der Waals surface area contributed by atoms with Crippen LogP contribution in [0, 0.1) is 11.8 Å². The van der Waals surface area contributed by atoms with E-state index in [9.17, 15) is 39.6 Å². The molecule has 11 nitrogen and oxygen atoms in total. The van der Waals surface area contributed by atoms with Crippen LogP contribution in [0.1, 0.15) is 27.9 Å². The highest BCUT2D eigenvalue weighted by atomic mass is 35.5. The number of carbonyl (C=O) groups excluding carboxylic acids is 4. The van der Waals surface area contributed by atoms with Gasteiger partial charge in [0.05, 0.1) is 11.6 Å². The minimum atomic E-state index is -2.73. The van der Waals surface area contributed by atoms with Gasteiger partial charge in [-0.1, -0.05) is 30.3 Å². The molecular formula is C30H30ClN3O8. The van der Waals surface area contributed by atoms with E-state index in [-0.39, 0.29) is 42.0 Å². The number of Topliss-reactive ketones (excluding diaryl/α,β-unsaturated/α-hetero) is 2. The van der Waals surface area contributed by atoms with Crippen molar-refractivity contribution < 1.29 is 39.6 Å². The van der Waals surface area contributed by atoms with Crippen LogP contribution >= 0.6 is 11.6 Å². The van der Waals surface area contributed by atoms with Gasteiger partial charge in [0.15, 0.2) is 11.4 Å². The lowest BCUT2D eigenvalue weighted by Crippen LogP contribution is -2.63. The first-order chi connectivity index (χ1) is 19.8. The van der Waals surface area contributed by atoms with Gasteiger partial charge >= 0.3 is 0 Å². The molecule has 3 aliphatic rings. The van der Waals surface area contributed by atoms with E-state index in [4.69, 9.17) is 17.3 Å². The number of halogens is 1. The number of amides is 2. The second-order valence-electron chi connectivity index (χ2n) is 11.0. The summed E-state index contributed by atoms with van der Waals surface area (Å²) in [6.45, 7) is -0.146. The summed E-state index contributed by atoms with van der Waals surface area (Å²) in [5.74, 6) is -8.01. The van der Waals surface area contributed by atoms with Gasteiger partial charge in [-0.3, -0.25) is 24.1 Å². The summed E-state index contributed by atoms with van der Waals surface area (Å²) in [5, 5.41) is 48.1. The Hall–Kier alpha value is -4.19. The van der Waals surface area contributed by atoms with Gasteiger partial charge in [0.1, 0.15) is 28.7 Å². The van der Waals surface area contributed by atoms with Gasteiger partial charge in [0.25, 0.3) is 5.91 Å². The molecule has 2 aromatic rings. The monoisotopic (exact) mass is 595 g/mol. The predicted octanol–water partition coefficient (Wildman–Crippen LogP) is 1.64. The number of nitrogens with two attached hydrogens (primary N) is 1. The van der Waals surface area contributed by atoms with E-state index in [1.165, 1.54) is 4.90 Å². The normalized spacial score (nSPS) is 25.2. The van der Waals surface area contributed by atoms with Crippen molar-refractivity contribution in [1.29, 1.82) is 0 Å². The standard InChI is InChI=1S/C30H30ClN3O8/c1-34(2)23-18-10-14-8-17-16(13-6-4-3-5-7-13)9-15(12-33-19(35)11-31)24(36)21(17)25(37)20(14)27(39)30(18,42)28(40)22(26(23)38)29(32)41/h3-7,9,14,18,23,36,38-39,42H,8,10-12H2,1-2H3,(H2,32,41)(H,33,35)/t14-,18+,23+,30+/m1/s1. The molecule has 3 aliphatic carbocycles. The number of benzene rings is 2. The summed E-state index contributed by atoms with van der Waals surface area (Å²) in [5.41, 5.74) is 3.47. The molecule has 0 aromatic heterocycles. The fourth-order valence-corrected chi connectivity index (χ4v) is 6.72. The van der Waals surface area contributed by atoms with Crippen molar-refractivity contribution in [1.82, 2.24) is 10.2 Å². The lowest BCUT2D eigenvalue weighted by Gasteiger charge is -2.50. The zero-order chi connectivity index (χ0) is 30.7. The molecule has 220 valence electrons. The smallest absolute Gasteiger partial charge is 0.255 e. The third kappa shape index (κ3) is 4.27. The Labute approximate surface area is 245 Å². The number of aliphatic hydroxyl groups excluding tert-OH is 2. The molecule has 0 saturated heterocycles. The molecule has 4 atom stereocenters. The molecule has 0 heterocycles. The van der Waals surface area contributed by atoms with E-state index in [0.717, 1.165) is 5.56 Å². The van der Waals surface area contributed by atoms with Crippen molar-refractivity contribution in [3.05, 3.63) is 75.8 Å². The molecule has 0 bridgehead atoms. The molecule has 0 unspecified atom stereocenters. The molecule has 0 radical (unpaired) electrons. The van der Waals surface area contributed by atoms with Crippen molar-refractivity contribution >= 4 is 35.0 Å². The lowest BCUT2D eigenvalue weighted by molar-refractivity contribution is -0.148. The van der Waals surface area contributed by atoms with Gasteiger partial charge < -0.3 is 31.5 Å². The first kappa shape index (κ1) is 29.3. The van der Waals surface area contributed by atoms with Crippen LogP contribution in [0.4, 0.5) is 0 Å². The second kappa shape index (κ2) is 10.6. The average Bonchev–Trinajstić information content (AvgIpc) is 2.94. The van der Waals surface area contributed by atoms with Gasteiger partial charge in [0.2, 0.25) is 11.7 Å². The molecular weight excluding hydrogens is 566 g/mol. The first-order valence-corrected chi connectivity index (χ1v) is 13.8. The average molecular weight is 596 g/mol. The Balaban J connectivity index is 1.73. The first-order valence-electron chi connectivity index (χ1n) is 13.2. The summed E-state index contributed by atoms with van der Waals surface area (Å²) >= 11 is 5.60. The second-order valence-corrected chi connectivity index (χ2v) is 11.3. The number of rotatable bonds is 6. The molecule has 7 N–H and O–H groups in total. The maximum Gasteiger partial charge on any atom is 0.255 e. The van der Waals surface area contributed by atoms with Gasteiger partial charge in [-0.25, -0.2) is 0 Å². The van der Waals surface area contributed by atoms with Gasteiger partial charge in [0, 0.05) is 23.6 Å². The van der Waals surface area contributed by atoms with Gasteiger partial charge in [-0.15, -0.1) is 11.6 Å². The van der Waals surface area contributed by atoms with E-state index in [0.29, 0.717) is 11.1 Å². The number of aliphatic hydroxyl groups is 3. The molecule has 0 fully saturated rings. The Morgan fingerprint density at radius 2 is 1.81 bits per heavy atom. The molecule has 2 amide bonds. The molecule has 0 aliphatic heterocycles. The highest BCUT2D eigenvalue weighted by Crippen LogP contribution is 2.53. The summed E-state index contributed by atoms with van der Waals surface area (Å²) < 4.78 is 0. The molecule has 12 heteroatoms. The van der Waals surface area contributed by atoms with Crippen molar-refractivity contribution in [2.24, 2.45) is 17.6 Å². The quantitative estimate of drug-likeness (QED) is 0.213. The third-order valence-corrected chi connectivity index (χ3v) is 8.73. The van der Waals surface area contributed by atoms with Gasteiger partial charge in [-0.2, -0.15) is 0 Å². The van der Waals surface area contributed by atoms with E-state index in [1.807, 2.05) is 30.3 Å². The van der Waals surface area contributed by atoms with Crippen LogP contribution in [0.15, 0.2) is 59.1 Å². The number of phenols is 1. The Bertz CT molecular complexity index is 1600. The fraction of sp³-hybridized carbons (Fsp3) is 0.333. The molecule has 0 saturated carbocycles. The van der Waals surface area contributed by atoms with E-state index in [1.54, 1.807) is 20.2 Å². The molecule has 5 rings (SSSR count). The lowest BCUT2D eigenvalue weighted by atomic mass is 9.58. The third-order valence-electron chi connectivity index (χ3n) is 8.48. The zero-order valence-electron chi connectivity index (χ0n) is 22.8. The number of likely N-dealkylation sites (N-methyl/N-ethyl adjacent to an activating group) is 1. The Morgan fingerprint density at radius 3 is 2.40 bits per heavy atom. The van der Waals surface area contributed by atoms with Crippen LogP contribution < -0.4 is 11.1 Å². The van der Waals surface area contributed by atoms with Crippen molar-refractivity contribution in [3.8, 4) is 16.9 Å². The summed E-state index contributed by atoms with van der Waals surface area (Å²) in [6.07, 6.45) is 0.120. The van der Waals surface area contributed by atoms with Crippen LogP contribution in [0.2, 0.25) is 0 Å². The maximum atomic E-state index is 14.2. The summed E-state index contributed by atoms with van der Waals surface area (Å²) in [7, 11) is 3.15. The van der Waals surface area contributed by atoms with Crippen LogP contribution in [-0.4, -0.2) is 80.3 Å². The Morgan fingerprint density at radius 1 is 1.14 bits per heavy atom. The number of alkyl halides is 1. The minimum absolute atomic E-state index is 0.0196. The number of allylic oxidation sites excluding steroid dienone is 1. The van der Waals surface area contributed by atoms with Crippen molar-refractivity contribution in [2.45, 2.75) is 31.0 Å². The number of hydrogen-bond acceptors (Lipinski definition) is 9. The molecule has 42 heavy (non-hydrogen) atoms. The Kier molecular flexibility index (Phi) is 7.38. The fourth-order valence-electron chi connectivity index (χ4n) is 6.63. The number of nitrogens with zero attached hydrogens (tertiary/aromatic N) is 1. The molecule has 0 spiro atoms. The number of hydrogen-bond donors (Lipinski definition) is 6. The predicted molar refractivity (Wildman–Crippen MR) is 152 cm³/mol. The van der Waals surface area contributed by atoms with Gasteiger partial charge in [-0.05, 0) is 55.6 Å². The summed E-state index contributed by atoms with van der Waals surface area (Å²) in [4.78, 5) is 53.2.